The fourth-order valence-corrected chi connectivity index (χ4v) is 4.98. The Morgan fingerprint density at radius 1 is 1.03 bits per heavy atom. The maximum absolute atomic E-state index is 13.3. The SMILES string of the molecule is CCC(C)NC(=O)C(C)N(Cc1ccccc1)C(=O)CCCN(c1ccc2c(c1)OCCO2)S(C)(=O)=O. The van der Waals surface area contributed by atoms with Crippen molar-refractivity contribution in [1.82, 2.24) is 10.2 Å². The molecule has 3 rings (SSSR count). The Morgan fingerprint density at radius 3 is 2.35 bits per heavy atom. The lowest BCUT2D eigenvalue weighted by atomic mass is 10.1. The summed E-state index contributed by atoms with van der Waals surface area (Å²) in [7, 11) is -3.61. The Balaban J connectivity index is 1.72. The van der Waals surface area contributed by atoms with Gasteiger partial charge < -0.3 is 19.7 Å². The number of carbonyl (C=O) groups excluding carboxylic acids is 2. The summed E-state index contributed by atoms with van der Waals surface area (Å²) in [6, 6.07) is 13.8. The molecule has 0 saturated carbocycles. The summed E-state index contributed by atoms with van der Waals surface area (Å²) in [5.41, 5.74) is 1.36. The van der Waals surface area contributed by atoms with E-state index in [1.807, 2.05) is 44.2 Å². The number of hydrogen-bond acceptors (Lipinski definition) is 6. The molecule has 202 valence electrons. The molecule has 2 unspecified atom stereocenters. The zero-order valence-electron chi connectivity index (χ0n) is 22.0. The van der Waals surface area contributed by atoms with E-state index in [0.717, 1.165) is 18.2 Å². The number of benzene rings is 2. The van der Waals surface area contributed by atoms with Crippen molar-refractivity contribution in [2.75, 3.05) is 30.3 Å². The molecule has 9 nitrogen and oxygen atoms in total. The molecule has 0 spiro atoms. The van der Waals surface area contributed by atoms with Crippen LogP contribution in [0, 0.1) is 0 Å². The second-order valence-electron chi connectivity index (χ2n) is 9.27. The first-order chi connectivity index (χ1) is 17.6. The van der Waals surface area contributed by atoms with Crippen LogP contribution in [0.5, 0.6) is 11.5 Å². The van der Waals surface area contributed by atoms with Gasteiger partial charge in [-0.25, -0.2) is 8.42 Å². The number of amides is 2. The molecule has 1 N–H and O–H groups in total. The molecule has 1 aliphatic heterocycles. The van der Waals surface area contributed by atoms with Crippen molar-refractivity contribution in [3.05, 3.63) is 54.1 Å². The zero-order valence-corrected chi connectivity index (χ0v) is 22.8. The van der Waals surface area contributed by atoms with Gasteiger partial charge in [-0.3, -0.25) is 13.9 Å². The fraction of sp³-hybridized carbons (Fsp3) is 0.481. The average molecular weight is 532 g/mol. The molecule has 0 aliphatic carbocycles. The Hall–Kier alpha value is -3.27. The molecule has 37 heavy (non-hydrogen) atoms. The quantitative estimate of drug-likeness (QED) is 0.451. The first-order valence-electron chi connectivity index (χ1n) is 12.6. The molecular formula is C27H37N3O6S. The lowest BCUT2D eigenvalue weighted by Gasteiger charge is -2.30. The lowest BCUT2D eigenvalue weighted by molar-refractivity contribution is -0.140. The second-order valence-corrected chi connectivity index (χ2v) is 11.2. The molecule has 0 bridgehead atoms. The number of carbonyl (C=O) groups is 2. The number of fused-ring (bicyclic) bond motifs is 1. The van der Waals surface area contributed by atoms with Crippen LogP contribution in [0.1, 0.15) is 45.6 Å². The van der Waals surface area contributed by atoms with Crippen molar-refractivity contribution in [2.24, 2.45) is 0 Å². The van der Waals surface area contributed by atoms with E-state index < -0.39 is 16.1 Å². The number of sulfonamides is 1. The smallest absolute Gasteiger partial charge is 0.242 e. The molecule has 0 saturated heterocycles. The summed E-state index contributed by atoms with van der Waals surface area (Å²) in [6.07, 6.45) is 2.29. The van der Waals surface area contributed by atoms with E-state index in [0.29, 0.717) is 30.4 Å². The zero-order chi connectivity index (χ0) is 27.0. The van der Waals surface area contributed by atoms with Crippen LogP contribution in [0.15, 0.2) is 48.5 Å². The first kappa shape index (κ1) is 28.3. The first-order valence-corrected chi connectivity index (χ1v) is 14.5. The van der Waals surface area contributed by atoms with E-state index in [1.165, 1.54) is 4.31 Å². The summed E-state index contributed by atoms with van der Waals surface area (Å²) >= 11 is 0. The Bertz CT molecular complexity index is 1170. The molecule has 2 aromatic rings. The fourth-order valence-electron chi connectivity index (χ4n) is 4.02. The number of nitrogens with zero attached hydrogens (tertiary/aromatic N) is 2. The minimum atomic E-state index is -3.61. The predicted molar refractivity (Wildman–Crippen MR) is 143 cm³/mol. The van der Waals surface area contributed by atoms with Crippen LogP contribution in [-0.2, 0) is 26.2 Å². The highest BCUT2D eigenvalue weighted by atomic mass is 32.2. The lowest BCUT2D eigenvalue weighted by Crippen LogP contribution is -2.49. The van der Waals surface area contributed by atoms with Crippen molar-refractivity contribution >= 4 is 27.5 Å². The van der Waals surface area contributed by atoms with Crippen LogP contribution in [0.2, 0.25) is 0 Å². The number of anilines is 1. The van der Waals surface area contributed by atoms with Gasteiger partial charge in [-0.1, -0.05) is 37.3 Å². The molecule has 0 aromatic heterocycles. The molecule has 2 amide bonds. The van der Waals surface area contributed by atoms with Gasteiger partial charge in [0.2, 0.25) is 21.8 Å². The third-order valence-corrected chi connectivity index (χ3v) is 7.52. The number of nitrogens with one attached hydrogen (secondary N) is 1. The Morgan fingerprint density at radius 2 is 1.70 bits per heavy atom. The number of ether oxygens (including phenoxy) is 2. The van der Waals surface area contributed by atoms with E-state index in [1.54, 1.807) is 30.0 Å². The molecule has 10 heteroatoms. The average Bonchev–Trinajstić information content (AvgIpc) is 2.88. The van der Waals surface area contributed by atoms with Gasteiger partial charge in [0.05, 0.1) is 11.9 Å². The Kier molecular flexibility index (Phi) is 9.79. The minimum absolute atomic E-state index is 0.00190. The van der Waals surface area contributed by atoms with Crippen LogP contribution in [0.3, 0.4) is 0 Å². The molecule has 2 atom stereocenters. The highest BCUT2D eigenvalue weighted by Crippen LogP contribution is 2.34. The van der Waals surface area contributed by atoms with E-state index >= 15 is 0 Å². The second kappa shape index (κ2) is 12.8. The summed E-state index contributed by atoms with van der Waals surface area (Å²) < 4.78 is 37.6. The van der Waals surface area contributed by atoms with Gasteiger partial charge in [0, 0.05) is 31.6 Å². The number of hydrogen-bond donors (Lipinski definition) is 1. The van der Waals surface area contributed by atoms with Crippen LogP contribution < -0.4 is 19.1 Å². The minimum Gasteiger partial charge on any atom is -0.486 e. The molecule has 0 radical (unpaired) electrons. The largest absolute Gasteiger partial charge is 0.486 e. The summed E-state index contributed by atoms with van der Waals surface area (Å²) in [6.45, 7) is 6.85. The molecule has 1 heterocycles. The van der Waals surface area contributed by atoms with E-state index in [-0.39, 0.29) is 43.8 Å². The summed E-state index contributed by atoms with van der Waals surface area (Å²) in [5, 5.41) is 2.95. The van der Waals surface area contributed by atoms with Gasteiger partial charge in [-0.15, -0.1) is 0 Å². The molecule has 0 fully saturated rings. The highest BCUT2D eigenvalue weighted by molar-refractivity contribution is 7.92. The van der Waals surface area contributed by atoms with Crippen molar-refractivity contribution < 1.29 is 27.5 Å². The van der Waals surface area contributed by atoms with E-state index in [4.69, 9.17) is 9.47 Å². The van der Waals surface area contributed by atoms with Gasteiger partial charge in [0.1, 0.15) is 19.3 Å². The maximum atomic E-state index is 13.3. The molecule has 2 aromatic carbocycles. The van der Waals surface area contributed by atoms with Crippen molar-refractivity contribution in [3.8, 4) is 11.5 Å². The normalized spacial score (nSPS) is 14.4. The van der Waals surface area contributed by atoms with Gasteiger partial charge in [0.25, 0.3) is 0 Å². The van der Waals surface area contributed by atoms with E-state index in [2.05, 4.69) is 5.32 Å². The standard InChI is InChI=1S/C27H37N3O6S/c1-5-20(2)28-27(32)21(3)29(19-22-10-7-6-8-11-22)26(31)12-9-15-30(37(4,33)34)23-13-14-24-25(18-23)36-17-16-35-24/h6-8,10-11,13-14,18,20-21H,5,9,12,15-17,19H2,1-4H3,(H,28,32). The number of rotatable bonds is 12. The highest BCUT2D eigenvalue weighted by Gasteiger charge is 2.27. The maximum Gasteiger partial charge on any atom is 0.242 e. The van der Waals surface area contributed by atoms with Crippen LogP contribution in [0.25, 0.3) is 0 Å². The van der Waals surface area contributed by atoms with Crippen LogP contribution >= 0.6 is 0 Å². The topological polar surface area (TPSA) is 105 Å². The van der Waals surface area contributed by atoms with Crippen LogP contribution in [0.4, 0.5) is 5.69 Å². The van der Waals surface area contributed by atoms with Crippen molar-refractivity contribution in [1.29, 1.82) is 0 Å². The van der Waals surface area contributed by atoms with Gasteiger partial charge in [-0.2, -0.15) is 0 Å². The van der Waals surface area contributed by atoms with Gasteiger partial charge in [-0.05, 0) is 44.4 Å². The van der Waals surface area contributed by atoms with E-state index in [9.17, 15) is 18.0 Å². The van der Waals surface area contributed by atoms with Crippen LogP contribution in [-0.4, -0.2) is 63.2 Å². The van der Waals surface area contributed by atoms with Gasteiger partial charge in [0.15, 0.2) is 11.5 Å². The molecular weight excluding hydrogens is 494 g/mol. The van der Waals surface area contributed by atoms with Crippen molar-refractivity contribution in [2.45, 2.75) is 58.7 Å². The van der Waals surface area contributed by atoms with Crippen molar-refractivity contribution in [3.63, 3.8) is 0 Å². The summed E-state index contributed by atoms with van der Waals surface area (Å²) in [4.78, 5) is 27.8. The predicted octanol–water partition coefficient (Wildman–Crippen LogP) is 3.34. The van der Waals surface area contributed by atoms with Gasteiger partial charge >= 0.3 is 0 Å². The third kappa shape index (κ3) is 7.85. The third-order valence-electron chi connectivity index (χ3n) is 6.33. The Labute approximate surface area is 219 Å². The monoisotopic (exact) mass is 531 g/mol. The summed E-state index contributed by atoms with van der Waals surface area (Å²) in [5.74, 6) is 0.627. The molecule has 1 aliphatic rings.